The van der Waals surface area contributed by atoms with Crippen molar-refractivity contribution in [2.24, 2.45) is 11.8 Å². The van der Waals surface area contributed by atoms with E-state index < -0.39 is 0 Å². The summed E-state index contributed by atoms with van der Waals surface area (Å²) in [6.45, 7) is 2.25. The van der Waals surface area contributed by atoms with Crippen LogP contribution in [0, 0.1) is 11.8 Å². The van der Waals surface area contributed by atoms with Crippen LogP contribution in [0.15, 0.2) is 42.5 Å². The molecule has 0 amide bonds. The van der Waals surface area contributed by atoms with Gasteiger partial charge in [-0.1, -0.05) is 38.3 Å². The third-order valence-electron chi connectivity index (χ3n) is 5.93. The monoisotopic (exact) mass is 338 g/mol. The molecule has 1 aliphatic carbocycles. The van der Waals surface area contributed by atoms with E-state index in [0.29, 0.717) is 17.6 Å². The number of aromatic hydroxyl groups is 2. The van der Waals surface area contributed by atoms with Crippen LogP contribution in [0.25, 0.3) is 0 Å². The molecule has 132 valence electrons. The molecule has 0 radical (unpaired) electrons. The highest BCUT2D eigenvalue weighted by molar-refractivity contribution is 5.46. The average molecular weight is 338 g/mol. The summed E-state index contributed by atoms with van der Waals surface area (Å²) in [5.41, 5.74) is 2.29. The molecule has 0 aromatic heterocycles. The number of fused-ring (bicyclic) bond motifs is 3. The van der Waals surface area contributed by atoms with Gasteiger partial charge in [-0.05, 0) is 60.6 Å². The Balaban J connectivity index is 1.69. The largest absolute Gasteiger partial charge is 0.508 e. The minimum atomic E-state index is 0.0225. The SMILES string of the molecule is CCCCC1C[C@H]2[C@@H](C1)c1cc(O)ccc1O[C@H]2c1ccc(O)cc1. The van der Waals surface area contributed by atoms with Gasteiger partial charge in [0.15, 0.2) is 0 Å². The molecule has 3 heteroatoms. The first-order valence-electron chi connectivity index (χ1n) is 9.44. The van der Waals surface area contributed by atoms with Crippen molar-refractivity contribution in [2.75, 3.05) is 0 Å². The van der Waals surface area contributed by atoms with E-state index in [-0.39, 0.29) is 11.9 Å². The number of phenolic OH excluding ortho intramolecular Hbond substituents is 2. The average Bonchev–Trinajstić information content (AvgIpc) is 3.04. The molecule has 1 fully saturated rings. The molecule has 0 spiro atoms. The minimum Gasteiger partial charge on any atom is -0.508 e. The third-order valence-corrected chi connectivity index (χ3v) is 5.93. The molecule has 2 aromatic carbocycles. The smallest absolute Gasteiger partial charge is 0.127 e. The Morgan fingerprint density at radius 1 is 1.00 bits per heavy atom. The second-order valence-electron chi connectivity index (χ2n) is 7.60. The highest BCUT2D eigenvalue weighted by atomic mass is 16.5. The topological polar surface area (TPSA) is 49.7 Å². The fourth-order valence-electron chi connectivity index (χ4n) is 4.74. The number of unbranched alkanes of at least 4 members (excludes halogenated alkanes) is 1. The Hall–Kier alpha value is -2.16. The van der Waals surface area contributed by atoms with Crippen molar-refractivity contribution < 1.29 is 14.9 Å². The van der Waals surface area contributed by atoms with E-state index in [9.17, 15) is 10.2 Å². The van der Waals surface area contributed by atoms with Crippen LogP contribution in [0.2, 0.25) is 0 Å². The Kier molecular flexibility index (Phi) is 4.32. The van der Waals surface area contributed by atoms with E-state index in [4.69, 9.17) is 4.74 Å². The zero-order chi connectivity index (χ0) is 17.4. The maximum Gasteiger partial charge on any atom is 0.127 e. The van der Waals surface area contributed by atoms with Crippen molar-refractivity contribution in [1.82, 2.24) is 0 Å². The fourth-order valence-corrected chi connectivity index (χ4v) is 4.74. The number of phenols is 2. The number of ether oxygens (including phenoxy) is 1. The van der Waals surface area contributed by atoms with Gasteiger partial charge in [-0.2, -0.15) is 0 Å². The van der Waals surface area contributed by atoms with Gasteiger partial charge in [-0.25, -0.2) is 0 Å². The molecule has 25 heavy (non-hydrogen) atoms. The van der Waals surface area contributed by atoms with Crippen LogP contribution >= 0.6 is 0 Å². The standard InChI is InChI=1S/C22H26O3/c1-2-3-4-14-11-18-19-13-17(24)9-10-21(19)25-22(20(18)12-14)15-5-7-16(23)8-6-15/h5-10,13-14,18,20,22-24H,2-4,11-12H2,1H3/t14?,18-,20-,22-/m0/s1. The summed E-state index contributed by atoms with van der Waals surface area (Å²) in [7, 11) is 0. The summed E-state index contributed by atoms with van der Waals surface area (Å²) in [6, 6.07) is 12.9. The van der Waals surface area contributed by atoms with Crippen LogP contribution in [0.4, 0.5) is 0 Å². The first-order chi connectivity index (χ1) is 12.2. The Morgan fingerprint density at radius 3 is 2.52 bits per heavy atom. The zero-order valence-corrected chi connectivity index (χ0v) is 14.7. The van der Waals surface area contributed by atoms with E-state index in [0.717, 1.165) is 17.2 Å². The second kappa shape index (κ2) is 6.62. The van der Waals surface area contributed by atoms with E-state index in [1.165, 1.54) is 37.7 Å². The van der Waals surface area contributed by atoms with E-state index in [1.807, 2.05) is 24.3 Å². The van der Waals surface area contributed by atoms with Gasteiger partial charge >= 0.3 is 0 Å². The van der Waals surface area contributed by atoms with Crippen LogP contribution in [-0.4, -0.2) is 10.2 Å². The summed E-state index contributed by atoms with van der Waals surface area (Å²) in [5.74, 6) is 3.10. The second-order valence-corrected chi connectivity index (χ2v) is 7.60. The lowest BCUT2D eigenvalue weighted by Gasteiger charge is -2.36. The van der Waals surface area contributed by atoms with Gasteiger partial charge in [0, 0.05) is 11.5 Å². The molecule has 2 aromatic rings. The maximum absolute atomic E-state index is 9.95. The number of benzene rings is 2. The lowest BCUT2D eigenvalue weighted by molar-refractivity contribution is 0.102. The van der Waals surface area contributed by atoms with Crippen LogP contribution in [-0.2, 0) is 0 Å². The first-order valence-corrected chi connectivity index (χ1v) is 9.44. The van der Waals surface area contributed by atoms with Gasteiger partial charge in [0.1, 0.15) is 23.4 Å². The van der Waals surface area contributed by atoms with Crippen LogP contribution < -0.4 is 4.74 Å². The summed E-state index contributed by atoms with van der Waals surface area (Å²) >= 11 is 0. The summed E-state index contributed by atoms with van der Waals surface area (Å²) in [4.78, 5) is 0. The van der Waals surface area contributed by atoms with Gasteiger partial charge in [-0.15, -0.1) is 0 Å². The Morgan fingerprint density at radius 2 is 1.76 bits per heavy atom. The molecular weight excluding hydrogens is 312 g/mol. The molecular formula is C22H26O3. The summed E-state index contributed by atoms with van der Waals surface area (Å²) in [5, 5.41) is 19.5. The van der Waals surface area contributed by atoms with Crippen molar-refractivity contribution in [3.05, 3.63) is 53.6 Å². The molecule has 3 nitrogen and oxygen atoms in total. The van der Waals surface area contributed by atoms with Crippen LogP contribution in [0.3, 0.4) is 0 Å². The summed E-state index contributed by atoms with van der Waals surface area (Å²) in [6.07, 6.45) is 6.17. The van der Waals surface area contributed by atoms with Gasteiger partial charge in [0.2, 0.25) is 0 Å². The van der Waals surface area contributed by atoms with Crippen LogP contribution in [0.1, 0.15) is 62.2 Å². The molecule has 0 saturated heterocycles. The Labute approximate surface area is 149 Å². The van der Waals surface area contributed by atoms with Crippen molar-refractivity contribution >= 4 is 0 Å². The number of rotatable bonds is 4. The lowest BCUT2D eigenvalue weighted by atomic mass is 9.80. The number of hydrogen-bond donors (Lipinski definition) is 2. The Bertz CT molecular complexity index is 737. The minimum absolute atomic E-state index is 0.0225. The van der Waals surface area contributed by atoms with Crippen molar-refractivity contribution in [2.45, 2.75) is 51.0 Å². The molecule has 1 saturated carbocycles. The van der Waals surface area contributed by atoms with Gasteiger partial charge < -0.3 is 14.9 Å². The molecule has 0 bridgehead atoms. The molecule has 4 rings (SSSR count). The number of hydrogen-bond acceptors (Lipinski definition) is 3. The normalized spacial score (nSPS) is 27.4. The van der Waals surface area contributed by atoms with E-state index in [2.05, 4.69) is 6.92 Å². The van der Waals surface area contributed by atoms with Gasteiger partial charge in [0.25, 0.3) is 0 Å². The first kappa shape index (κ1) is 16.3. The quantitative estimate of drug-likeness (QED) is 0.770. The van der Waals surface area contributed by atoms with Crippen LogP contribution in [0.5, 0.6) is 17.2 Å². The molecule has 2 aliphatic rings. The summed E-state index contributed by atoms with van der Waals surface area (Å²) < 4.78 is 6.39. The predicted octanol–water partition coefficient (Wildman–Crippen LogP) is 5.53. The predicted molar refractivity (Wildman–Crippen MR) is 98.1 cm³/mol. The molecule has 1 heterocycles. The van der Waals surface area contributed by atoms with E-state index in [1.54, 1.807) is 18.2 Å². The molecule has 2 N–H and O–H groups in total. The highest BCUT2D eigenvalue weighted by Crippen LogP contribution is 2.56. The van der Waals surface area contributed by atoms with Crippen molar-refractivity contribution in [3.63, 3.8) is 0 Å². The van der Waals surface area contributed by atoms with E-state index >= 15 is 0 Å². The highest BCUT2D eigenvalue weighted by Gasteiger charge is 2.45. The third kappa shape index (κ3) is 3.08. The maximum atomic E-state index is 9.95. The molecule has 1 unspecified atom stereocenters. The fraction of sp³-hybridized carbons (Fsp3) is 0.455. The van der Waals surface area contributed by atoms with Gasteiger partial charge in [0.05, 0.1) is 0 Å². The molecule has 4 atom stereocenters. The van der Waals surface area contributed by atoms with Crippen molar-refractivity contribution in [1.29, 1.82) is 0 Å². The van der Waals surface area contributed by atoms with Crippen molar-refractivity contribution in [3.8, 4) is 17.2 Å². The lowest BCUT2D eigenvalue weighted by Crippen LogP contribution is -2.26. The molecule has 1 aliphatic heterocycles. The zero-order valence-electron chi connectivity index (χ0n) is 14.7. The van der Waals surface area contributed by atoms with Gasteiger partial charge in [-0.3, -0.25) is 0 Å².